The van der Waals surface area contributed by atoms with Crippen LogP contribution >= 0.6 is 0 Å². The van der Waals surface area contributed by atoms with Crippen LogP contribution in [0, 0.1) is 35.1 Å². The molecule has 3 heteroatoms. The Morgan fingerprint density at radius 2 is 1.41 bits per heavy atom. The Labute approximate surface area is 187 Å². The van der Waals surface area contributed by atoms with Crippen molar-refractivity contribution in [3.05, 3.63) is 71.8 Å². The third-order valence-electron chi connectivity index (χ3n) is 5.13. The zero-order chi connectivity index (χ0) is 18.7. The molecule has 148 valence electrons. The van der Waals surface area contributed by atoms with Gasteiger partial charge in [-0.05, 0) is 0 Å². The van der Waals surface area contributed by atoms with Crippen LogP contribution in [0.1, 0.15) is 67.2 Å². The van der Waals surface area contributed by atoms with Gasteiger partial charge < -0.3 is 13.2 Å². The van der Waals surface area contributed by atoms with Crippen LogP contribution in [-0.4, -0.2) is 16.3 Å². The molecular formula is C24H39NSiTi. The van der Waals surface area contributed by atoms with Crippen molar-refractivity contribution in [1.29, 1.82) is 0 Å². The summed E-state index contributed by atoms with van der Waals surface area (Å²) in [5.74, 6) is 0. The zero-order valence-corrected chi connectivity index (χ0v) is 21.2. The predicted molar refractivity (Wildman–Crippen MR) is 122 cm³/mol. The largest absolute Gasteiger partial charge is 3.00 e. The third kappa shape index (κ3) is 12.5. The Bertz CT molecular complexity index is 561. The van der Waals surface area contributed by atoms with Crippen LogP contribution in [0.2, 0.25) is 0 Å². The molecule has 0 saturated heterocycles. The SMILES string of the molecule is Cc1c[c-](C)c(C)c1C.[CH3-].[NH-]C1CCCCCCC1.[SiH2]c1ccccc1.[Ti+3]. The fourth-order valence-electron chi connectivity index (χ4n) is 3.07. The fourth-order valence-corrected chi connectivity index (χ4v) is 3.34. The van der Waals surface area contributed by atoms with Gasteiger partial charge in [0.05, 0.1) is 0 Å². The molecule has 27 heavy (non-hydrogen) atoms. The average molecular weight is 418 g/mol. The maximum atomic E-state index is 7.51. The zero-order valence-electron chi connectivity index (χ0n) is 18.2. The first-order valence-electron chi connectivity index (χ1n) is 9.70. The molecule has 1 N–H and O–H groups in total. The van der Waals surface area contributed by atoms with Gasteiger partial charge in [-0.2, -0.15) is 28.3 Å². The van der Waals surface area contributed by atoms with Crippen LogP contribution in [-0.2, 0) is 21.7 Å². The minimum absolute atomic E-state index is 0. The van der Waals surface area contributed by atoms with Gasteiger partial charge in [0.2, 0.25) is 0 Å². The molecule has 1 aliphatic carbocycles. The van der Waals surface area contributed by atoms with Crippen molar-refractivity contribution in [3.8, 4) is 0 Å². The molecule has 0 spiro atoms. The minimum Gasteiger partial charge on any atom is -0.675 e. The molecule has 0 atom stereocenters. The molecule has 2 radical (unpaired) electrons. The Hall–Kier alpha value is -0.539. The first kappa shape index (κ1) is 28.7. The molecule has 1 fully saturated rings. The summed E-state index contributed by atoms with van der Waals surface area (Å²) in [7, 11) is 1.90. The van der Waals surface area contributed by atoms with E-state index in [9.17, 15) is 0 Å². The summed E-state index contributed by atoms with van der Waals surface area (Å²) in [6, 6.07) is 12.8. The monoisotopic (exact) mass is 417 g/mol. The van der Waals surface area contributed by atoms with Crippen molar-refractivity contribution in [2.24, 2.45) is 0 Å². The predicted octanol–water partition coefficient (Wildman–Crippen LogP) is 6.18. The van der Waals surface area contributed by atoms with Crippen molar-refractivity contribution < 1.29 is 21.7 Å². The molecule has 0 heterocycles. The first-order chi connectivity index (χ1) is 11.9. The van der Waals surface area contributed by atoms with Crippen molar-refractivity contribution >= 4 is 15.4 Å². The van der Waals surface area contributed by atoms with Gasteiger partial charge in [-0.3, -0.25) is 0 Å². The first-order valence-corrected chi connectivity index (χ1v) is 10.4. The van der Waals surface area contributed by atoms with Gasteiger partial charge >= 0.3 is 21.7 Å². The van der Waals surface area contributed by atoms with E-state index in [-0.39, 0.29) is 35.2 Å². The quantitative estimate of drug-likeness (QED) is 0.361. The number of nitrogens with one attached hydrogen (secondary N) is 1. The van der Waals surface area contributed by atoms with E-state index in [0.29, 0.717) is 0 Å². The van der Waals surface area contributed by atoms with Gasteiger partial charge in [0, 0.05) is 10.2 Å². The summed E-state index contributed by atoms with van der Waals surface area (Å²) >= 11 is 0. The van der Waals surface area contributed by atoms with E-state index in [1.165, 1.54) is 59.5 Å². The van der Waals surface area contributed by atoms with Gasteiger partial charge in [0.15, 0.2) is 0 Å². The van der Waals surface area contributed by atoms with Gasteiger partial charge in [0.1, 0.15) is 0 Å². The second-order valence-electron chi connectivity index (χ2n) is 7.29. The molecular weight excluding hydrogens is 378 g/mol. The van der Waals surface area contributed by atoms with Crippen molar-refractivity contribution in [3.63, 3.8) is 0 Å². The number of rotatable bonds is 0. The smallest absolute Gasteiger partial charge is 0.675 e. The van der Waals surface area contributed by atoms with Crippen LogP contribution < -0.4 is 5.19 Å². The average Bonchev–Trinajstić information content (AvgIpc) is 2.79. The van der Waals surface area contributed by atoms with Crippen molar-refractivity contribution in [2.45, 2.75) is 78.7 Å². The maximum Gasteiger partial charge on any atom is 3.00 e. The summed E-state index contributed by atoms with van der Waals surface area (Å²) in [5, 5.41) is 1.35. The Kier molecular flexibility index (Phi) is 17.4. The summed E-state index contributed by atoms with van der Waals surface area (Å²) in [6.07, 6.45) is 9.06. The van der Waals surface area contributed by atoms with E-state index in [0.717, 1.165) is 12.8 Å². The van der Waals surface area contributed by atoms with Crippen molar-refractivity contribution in [1.82, 2.24) is 0 Å². The molecule has 0 amide bonds. The van der Waals surface area contributed by atoms with E-state index < -0.39 is 0 Å². The summed E-state index contributed by atoms with van der Waals surface area (Å²) < 4.78 is 0. The van der Waals surface area contributed by atoms with Crippen LogP contribution in [0.25, 0.3) is 5.73 Å². The third-order valence-corrected chi connectivity index (χ3v) is 5.60. The summed E-state index contributed by atoms with van der Waals surface area (Å²) in [4.78, 5) is 0. The van der Waals surface area contributed by atoms with Crippen LogP contribution in [0.3, 0.4) is 0 Å². The van der Waals surface area contributed by atoms with Crippen LogP contribution in [0.15, 0.2) is 36.4 Å². The number of aryl methyl sites for hydroxylation is 2. The topological polar surface area (TPSA) is 23.8 Å². The Morgan fingerprint density at radius 3 is 1.70 bits per heavy atom. The normalized spacial score (nSPS) is 14.0. The molecule has 1 saturated carbocycles. The molecule has 3 rings (SSSR count). The van der Waals surface area contributed by atoms with Crippen LogP contribution in [0.4, 0.5) is 0 Å². The number of hydrogen-bond acceptors (Lipinski definition) is 0. The van der Waals surface area contributed by atoms with E-state index in [1.807, 2.05) is 28.4 Å². The fraction of sp³-hybridized carbons (Fsp3) is 0.500. The molecule has 0 unspecified atom stereocenters. The van der Waals surface area contributed by atoms with Gasteiger partial charge in [0.25, 0.3) is 0 Å². The minimum atomic E-state index is 0. The van der Waals surface area contributed by atoms with Crippen LogP contribution in [0.5, 0.6) is 0 Å². The van der Waals surface area contributed by atoms with Gasteiger partial charge in [-0.15, -0.1) is 6.04 Å². The summed E-state index contributed by atoms with van der Waals surface area (Å²) in [5.41, 5.74) is 13.3. The van der Waals surface area contributed by atoms with E-state index >= 15 is 0 Å². The van der Waals surface area contributed by atoms with Gasteiger partial charge in [-0.25, -0.2) is 0 Å². The molecule has 0 aliphatic heterocycles. The number of hydrogen-bond donors (Lipinski definition) is 0. The van der Waals surface area contributed by atoms with Crippen molar-refractivity contribution in [2.75, 3.05) is 0 Å². The molecule has 1 nitrogen and oxygen atoms in total. The van der Waals surface area contributed by atoms with Gasteiger partial charge in [-0.1, -0.05) is 108 Å². The van der Waals surface area contributed by atoms with E-state index in [1.54, 1.807) is 0 Å². The second kappa shape index (κ2) is 16.4. The molecule has 1 aliphatic rings. The summed E-state index contributed by atoms with van der Waals surface area (Å²) in [6.45, 7) is 8.68. The Balaban J connectivity index is 0. The Morgan fingerprint density at radius 1 is 0.926 bits per heavy atom. The second-order valence-corrected chi connectivity index (χ2v) is 8.10. The van der Waals surface area contributed by atoms with E-state index in [4.69, 9.17) is 5.73 Å². The molecule has 0 aromatic heterocycles. The number of benzene rings is 1. The maximum absolute atomic E-state index is 7.51. The molecule has 0 bridgehead atoms. The molecule has 2 aromatic rings. The standard InChI is InChI=1S/C9H13.C8H16N.C6H7Si.CH3.Ti/c1-6-5-7(2)9(4)8(6)3;9-8-6-4-2-1-3-5-7-8;7-6-4-2-1-3-5-6;;/h5H,1-4H3;8-9H,1-7H2;1-5H,7H2;1H3;/q2*-1;;-1;+3. The molecule has 2 aromatic carbocycles. The van der Waals surface area contributed by atoms with E-state index in [2.05, 4.69) is 45.9 Å².